The molecule has 0 saturated heterocycles. The number of rotatable bonds is 6. The summed E-state index contributed by atoms with van der Waals surface area (Å²) < 4.78 is 0. The van der Waals surface area contributed by atoms with Crippen LogP contribution in [0.3, 0.4) is 0 Å². The fraction of sp³-hybridized carbons (Fsp3) is 0.357. The topological polar surface area (TPSA) is 0 Å². The zero-order chi connectivity index (χ0) is 24.4. The second-order valence-corrected chi connectivity index (χ2v) is 16.6. The van der Waals surface area contributed by atoms with Crippen LogP contribution in [0.1, 0.15) is 40.5 Å². The number of halogens is 2. The Morgan fingerprint density at radius 1 is 0.758 bits per heavy atom. The molecule has 4 aromatic carbocycles. The van der Waals surface area contributed by atoms with Gasteiger partial charge in [-0.2, -0.15) is 12.1 Å². The van der Waals surface area contributed by atoms with E-state index in [4.69, 9.17) is 18.6 Å². The Kier molecular flexibility index (Phi) is 13.2. The zero-order valence-corrected chi connectivity index (χ0v) is 25.5. The maximum atomic E-state index is 4.89. The molecule has 0 fully saturated rings. The van der Waals surface area contributed by atoms with Gasteiger partial charge in [-0.05, 0) is 37.5 Å². The van der Waals surface area contributed by atoms with Crippen molar-refractivity contribution in [1.82, 2.24) is 0 Å². The summed E-state index contributed by atoms with van der Waals surface area (Å²) >= 11 is -0.556. The van der Waals surface area contributed by atoms with E-state index in [0.717, 1.165) is 11.3 Å². The normalized spacial score (nSPS) is 13.6. The Labute approximate surface area is 220 Å². The van der Waals surface area contributed by atoms with E-state index in [1.165, 1.54) is 39.7 Å². The molecule has 0 bridgehead atoms. The van der Waals surface area contributed by atoms with Crippen LogP contribution in [0.15, 0.2) is 72.8 Å². The van der Waals surface area contributed by atoms with Crippen molar-refractivity contribution in [2.45, 2.75) is 51.9 Å². The molecule has 2 unspecified atom stereocenters. The fourth-order valence-corrected chi connectivity index (χ4v) is 8.06. The average Bonchev–Trinajstić information content (AvgIpc) is 3.44. The molecule has 2 atom stereocenters. The van der Waals surface area contributed by atoms with Crippen molar-refractivity contribution in [3.63, 3.8) is 0 Å². The van der Waals surface area contributed by atoms with Crippen molar-refractivity contribution in [2.75, 3.05) is 13.3 Å². The van der Waals surface area contributed by atoms with E-state index in [2.05, 4.69) is 114 Å². The predicted octanol–water partition coefficient (Wildman–Crippen LogP) is 9.56. The monoisotopic (exact) mass is 552 g/mol. The summed E-state index contributed by atoms with van der Waals surface area (Å²) in [5, 5.41) is 8.69. The van der Waals surface area contributed by atoms with Gasteiger partial charge >= 0.3 is 35.6 Å². The van der Waals surface area contributed by atoms with E-state index in [9.17, 15) is 0 Å². The molecule has 0 heterocycles. The first-order valence-electron chi connectivity index (χ1n) is 11.6. The molecule has 0 amide bonds. The molecule has 0 N–H and O–H groups in total. The van der Waals surface area contributed by atoms with Crippen LogP contribution in [0.25, 0.3) is 21.5 Å². The van der Waals surface area contributed by atoms with Gasteiger partial charge in [0.2, 0.25) is 0 Å². The van der Waals surface area contributed by atoms with Crippen LogP contribution in [0.4, 0.5) is 0 Å². The third-order valence-corrected chi connectivity index (χ3v) is 10.9. The van der Waals surface area contributed by atoms with E-state index < -0.39 is 17.0 Å². The van der Waals surface area contributed by atoms with Gasteiger partial charge in [0.15, 0.2) is 0 Å². The van der Waals surface area contributed by atoms with E-state index in [1.54, 1.807) is 5.30 Å². The molecular weight excluding hydrogens is 517 g/mol. The molecule has 33 heavy (non-hydrogen) atoms. The number of hydrogen-bond donors (Lipinski definition) is 0. The maximum absolute atomic E-state index is 4.89. The molecule has 4 rings (SSSR count). The summed E-state index contributed by atoms with van der Waals surface area (Å²) in [6.07, 6.45) is 2.58. The third-order valence-electron chi connectivity index (χ3n) is 6.15. The summed E-state index contributed by atoms with van der Waals surface area (Å²) in [5.41, 5.74) is 1.65. The Bertz CT molecular complexity index is 1010. The molecule has 4 aromatic rings. The van der Waals surface area contributed by atoms with Crippen molar-refractivity contribution < 1.29 is 17.0 Å². The molecule has 0 aliphatic carbocycles. The summed E-state index contributed by atoms with van der Waals surface area (Å²) in [6.45, 7) is 14.1. The Hall–Kier alpha value is -0.186. The van der Waals surface area contributed by atoms with Crippen molar-refractivity contribution in [2.24, 2.45) is 0 Å². The van der Waals surface area contributed by atoms with Gasteiger partial charge in [-0.15, -0.1) is 88.6 Å². The first-order chi connectivity index (χ1) is 15.9. The molecule has 5 heteroatoms. The van der Waals surface area contributed by atoms with E-state index in [0.29, 0.717) is 0 Å². The van der Waals surface area contributed by atoms with Gasteiger partial charge in [0.25, 0.3) is 0 Å². The first kappa shape index (κ1) is 29.0. The molecule has 0 aliphatic heterocycles. The van der Waals surface area contributed by atoms with Gasteiger partial charge < -0.3 is 0 Å². The summed E-state index contributed by atoms with van der Waals surface area (Å²) in [5.74, 6) is 0. The van der Waals surface area contributed by atoms with Crippen LogP contribution in [0.2, 0.25) is 0 Å². The summed E-state index contributed by atoms with van der Waals surface area (Å²) in [6, 6.07) is 26.8. The number of fused-ring (bicyclic) bond motifs is 2. The zero-order valence-electron chi connectivity index (χ0n) is 20.6. The van der Waals surface area contributed by atoms with Gasteiger partial charge in [0.1, 0.15) is 0 Å². The van der Waals surface area contributed by atoms with Gasteiger partial charge in [-0.25, -0.2) is 0 Å². The molecule has 0 aromatic heterocycles. The fourth-order valence-electron chi connectivity index (χ4n) is 4.01. The van der Waals surface area contributed by atoms with Crippen LogP contribution < -0.4 is 10.6 Å². The van der Waals surface area contributed by atoms with Crippen molar-refractivity contribution in [1.29, 1.82) is 0 Å². The van der Waals surface area contributed by atoms with Crippen LogP contribution in [-0.4, -0.2) is 24.6 Å². The van der Waals surface area contributed by atoms with Crippen molar-refractivity contribution in [3.8, 4) is 0 Å². The molecule has 0 radical (unpaired) electrons. The Balaban J connectivity index is 0.000000221. The number of benzene rings is 2. The van der Waals surface area contributed by atoms with Crippen LogP contribution in [0.5, 0.6) is 0 Å². The minimum absolute atomic E-state index is 0.0252. The van der Waals surface area contributed by atoms with Gasteiger partial charge in [0, 0.05) is 0 Å². The molecule has 0 aliphatic rings. The summed E-state index contributed by atoms with van der Waals surface area (Å²) in [4.78, 5) is 0. The van der Waals surface area contributed by atoms with Crippen LogP contribution in [-0.2, 0) is 17.0 Å². The SMILES string of the molecule is CCC(C)P(c1cc2ccccc2[cH-]1)C(C)CC.CP(C)c1cc2ccccc2[cH-]1.[Cl][Ti][Cl]. The molecular formula is C28H36Cl2P2Ti-2. The van der Waals surface area contributed by atoms with Crippen molar-refractivity contribution >= 4 is 66.6 Å². The van der Waals surface area contributed by atoms with E-state index in [-0.39, 0.29) is 15.8 Å². The second kappa shape index (κ2) is 15.0. The molecule has 0 nitrogen and oxygen atoms in total. The second-order valence-electron chi connectivity index (χ2n) is 8.57. The quantitative estimate of drug-likeness (QED) is 0.127. The standard InChI is InChI=1S/C17H24P.C11H12P.2ClH.Ti/c1-5-13(3)18(14(4)6-2)17-11-15-9-7-8-10-16(15)12-17;1-12(2)11-7-9-5-3-4-6-10(9)8-11;;;/h7-14H,5-6H2,1-4H3;3-8H,1-2H3;2*1H;/q2*-1;;;+2/p-2. The summed E-state index contributed by atoms with van der Waals surface area (Å²) in [7, 11) is 9.81. The van der Waals surface area contributed by atoms with Gasteiger partial charge in [-0.1, -0.05) is 47.7 Å². The number of hydrogen-bond acceptors (Lipinski definition) is 0. The Morgan fingerprint density at radius 3 is 1.55 bits per heavy atom. The molecule has 178 valence electrons. The first-order valence-corrected chi connectivity index (χ1v) is 19.6. The molecule has 0 spiro atoms. The van der Waals surface area contributed by atoms with Gasteiger partial charge in [0.05, 0.1) is 0 Å². The Morgan fingerprint density at radius 2 is 1.15 bits per heavy atom. The van der Waals surface area contributed by atoms with Crippen LogP contribution in [0, 0.1) is 0 Å². The van der Waals surface area contributed by atoms with Crippen molar-refractivity contribution in [3.05, 3.63) is 72.8 Å². The predicted molar refractivity (Wildman–Crippen MR) is 155 cm³/mol. The van der Waals surface area contributed by atoms with E-state index >= 15 is 0 Å². The van der Waals surface area contributed by atoms with E-state index in [1.807, 2.05) is 0 Å². The van der Waals surface area contributed by atoms with Gasteiger partial charge in [-0.3, -0.25) is 0 Å². The van der Waals surface area contributed by atoms with Crippen LogP contribution >= 0.6 is 34.5 Å². The average molecular weight is 553 g/mol. The third kappa shape index (κ3) is 8.46. The molecule has 0 saturated carbocycles. The minimum atomic E-state index is -0.556.